The minimum atomic E-state index is 0.400. The van der Waals surface area contributed by atoms with Crippen molar-refractivity contribution in [1.82, 2.24) is 15.5 Å². The highest BCUT2D eigenvalue weighted by Crippen LogP contribution is 2.20. The fraction of sp³-hybridized carbons (Fsp3) is 0.632. The Hall–Kier alpha value is -1.95. The van der Waals surface area contributed by atoms with E-state index in [2.05, 4.69) is 51.4 Å². The maximum absolute atomic E-state index is 5.23. The summed E-state index contributed by atoms with van der Waals surface area (Å²) < 4.78 is 5.23. The van der Waals surface area contributed by atoms with Crippen LogP contribution in [0.25, 0.3) is 0 Å². The summed E-state index contributed by atoms with van der Waals surface area (Å²) in [6.07, 6.45) is 1.13. The van der Waals surface area contributed by atoms with E-state index in [1.807, 2.05) is 19.2 Å². The first kappa shape index (κ1) is 19.4. The lowest BCUT2D eigenvalue weighted by molar-refractivity contribution is 0.255. The van der Waals surface area contributed by atoms with Gasteiger partial charge in [-0.05, 0) is 51.1 Å². The molecular weight excluding hydrogens is 314 g/mol. The van der Waals surface area contributed by atoms with Gasteiger partial charge in [-0.25, -0.2) is 0 Å². The SMILES string of the molecule is CN=C(NCCCN1CCN(c2ccc(OC)cc2)CC1)NC(C)C. The van der Waals surface area contributed by atoms with E-state index in [9.17, 15) is 0 Å². The predicted octanol–water partition coefficient (Wildman–Crippen LogP) is 1.78. The first-order chi connectivity index (χ1) is 12.1. The summed E-state index contributed by atoms with van der Waals surface area (Å²) in [6.45, 7) is 10.7. The van der Waals surface area contributed by atoms with E-state index in [0.717, 1.165) is 57.4 Å². The molecule has 1 aromatic rings. The molecule has 1 saturated heterocycles. The van der Waals surface area contributed by atoms with Gasteiger partial charge in [0.15, 0.2) is 5.96 Å². The number of nitrogens with one attached hydrogen (secondary N) is 2. The molecule has 6 nitrogen and oxygen atoms in total. The number of rotatable bonds is 7. The predicted molar refractivity (Wildman–Crippen MR) is 106 cm³/mol. The average Bonchev–Trinajstić information content (AvgIpc) is 2.64. The summed E-state index contributed by atoms with van der Waals surface area (Å²) in [4.78, 5) is 9.22. The van der Waals surface area contributed by atoms with Gasteiger partial charge in [-0.3, -0.25) is 9.89 Å². The smallest absolute Gasteiger partial charge is 0.191 e. The van der Waals surface area contributed by atoms with Gasteiger partial charge >= 0.3 is 0 Å². The fourth-order valence-electron chi connectivity index (χ4n) is 3.00. The number of ether oxygens (including phenoxy) is 1. The van der Waals surface area contributed by atoms with Gasteiger partial charge in [0, 0.05) is 51.5 Å². The molecule has 2 N–H and O–H groups in total. The van der Waals surface area contributed by atoms with Crippen LogP contribution in [0.5, 0.6) is 5.75 Å². The van der Waals surface area contributed by atoms with Crippen LogP contribution in [-0.4, -0.2) is 70.3 Å². The normalized spacial score (nSPS) is 16.2. The molecule has 0 spiro atoms. The van der Waals surface area contributed by atoms with Crippen LogP contribution in [0.3, 0.4) is 0 Å². The molecule has 1 heterocycles. The van der Waals surface area contributed by atoms with E-state index in [1.54, 1.807) is 7.11 Å². The van der Waals surface area contributed by atoms with Crippen molar-refractivity contribution in [2.24, 2.45) is 4.99 Å². The molecule has 0 radical (unpaired) electrons. The molecule has 140 valence electrons. The molecule has 1 aliphatic rings. The molecule has 1 aromatic carbocycles. The molecule has 25 heavy (non-hydrogen) atoms. The summed E-state index contributed by atoms with van der Waals surface area (Å²) in [5.41, 5.74) is 1.28. The van der Waals surface area contributed by atoms with Crippen molar-refractivity contribution in [2.75, 3.05) is 58.3 Å². The molecule has 0 amide bonds. The summed E-state index contributed by atoms with van der Waals surface area (Å²) in [6, 6.07) is 8.76. The molecule has 1 aliphatic heterocycles. The monoisotopic (exact) mass is 347 g/mol. The van der Waals surface area contributed by atoms with Crippen LogP contribution < -0.4 is 20.3 Å². The minimum Gasteiger partial charge on any atom is -0.497 e. The van der Waals surface area contributed by atoms with Crippen molar-refractivity contribution in [3.8, 4) is 5.75 Å². The lowest BCUT2D eigenvalue weighted by Crippen LogP contribution is -2.47. The molecular formula is C19H33N5O. The third kappa shape index (κ3) is 6.46. The first-order valence-corrected chi connectivity index (χ1v) is 9.21. The minimum absolute atomic E-state index is 0.400. The quantitative estimate of drug-likeness (QED) is 0.447. The molecule has 0 aliphatic carbocycles. The Kier molecular flexibility index (Phi) is 7.85. The second-order valence-electron chi connectivity index (χ2n) is 6.68. The Bertz CT molecular complexity index is 521. The lowest BCUT2D eigenvalue weighted by Gasteiger charge is -2.36. The molecule has 6 heteroatoms. The zero-order chi connectivity index (χ0) is 18.1. The van der Waals surface area contributed by atoms with E-state index >= 15 is 0 Å². The number of benzene rings is 1. The number of piperazine rings is 1. The van der Waals surface area contributed by atoms with E-state index in [0.29, 0.717) is 6.04 Å². The highest BCUT2D eigenvalue weighted by atomic mass is 16.5. The maximum atomic E-state index is 5.23. The Morgan fingerprint density at radius 1 is 1.16 bits per heavy atom. The number of methoxy groups -OCH3 is 1. The molecule has 0 saturated carbocycles. The van der Waals surface area contributed by atoms with Crippen LogP contribution in [0.1, 0.15) is 20.3 Å². The first-order valence-electron chi connectivity index (χ1n) is 9.21. The summed E-state index contributed by atoms with van der Waals surface area (Å²) in [5, 5.41) is 6.69. The van der Waals surface area contributed by atoms with Crippen molar-refractivity contribution >= 4 is 11.6 Å². The highest BCUT2D eigenvalue weighted by Gasteiger charge is 2.16. The Balaban J connectivity index is 1.65. The van der Waals surface area contributed by atoms with Gasteiger partial charge in [-0.15, -0.1) is 0 Å². The molecule has 0 unspecified atom stereocenters. The molecule has 0 atom stereocenters. The summed E-state index contributed by atoms with van der Waals surface area (Å²) in [5.74, 6) is 1.80. The second kappa shape index (κ2) is 10.1. The van der Waals surface area contributed by atoms with Gasteiger partial charge in [-0.1, -0.05) is 0 Å². The highest BCUT2D eigenvalue weighted by molar-refractivity contribution is 5.79. The van der Waals surface area contributed by atoms with Crippen molar-refractivity contribution in [1.29, 1.82) is 0 Å². The topological polar surface area (TPSA) is 52.1 Å². The van der Waals surface area contributed by atoms with Crippen LogP contribution in [0.4, 0.5) is 5.69 Å². The maximum Gasteiger partial charge on any atom is 0.191 e. The van der Waals surface area contributed by atoms with Gasteiger partial charge in [0.2, 0.25) is 0 Å². The van der Waals surface area contributed by atoms with Crippen LogP contribution >= 0.6 is 0 Å². The van der Waals surface area contributed by atoms with Gasteiger partial charge < -0.3 is 20.3 Å². The summed E-state index contributed by atoms with van der Waals surface area (Å²) >= 11 is 0. The Morgan fingerprint density at radius 3 is 2.40 bits per heavy atom. The number of nitrogens with zero attached hydrogens (tertiary/aromatic N) is 3. The molecule has 0 aromatic heterocycles. The van der Waals surface area contributed by atoms with Crippen LogP contribution in [0.15, 0.2) is 29.3 Å². The molecule has 1 fully saturated rings. The van der Waals surface area contributed by atoms with Crippen molar-refractivity contribution < 1.29 is 4.74 Å². The molecule has 2 rings (SSSR count). The third-order valence-corrected chi connectivity index (χ3v) is 4.40. The number of hydrogen-bond donors (Lipinski definition) is 2. The van der Waals surface area contributed by atoms with Crippen LogP contribution in [-0.2, 0) is 0 Å². The zero-order valence-electron chi connectivity index (χ0n) is 16.1. The van der Waals surface area contributed by atoms with E-state index in [-0.39, 0.29) is 0 Å². The van der Waals surface area contributed by atoms with Gasteiger partial charge in [0.25, 0.3) is 0 Å². The number of anilines is 1. The van der Waals surface area contributed by atoms with Gasteiger partial charge in [0.1, 0.15) is 5.75 Å². The average molecular weight is 348 g/mol. The summed E-state index contributed by atoms with van der Waals surface area (Å²) in [7, 11) is 3.52. The lowest BCUT2D eigenvalue weighted by atomic mass is 10.2. The second-order valence-corrected chi connectivity index (χ2v) is 6.68. The van der Waals surface area contributed by atoms with Crippen molar-refractivity contribution in [3.63, 3.8) is 0 Å². The van der Waals surface area contributed by atoms with E-state index in [4.69, 9.17) is 4.74 Å². The Labute approximate surface area is 152 Å². The third-order valence-electron chi connectivity index (χ3n) is 4.40. The van der Waals surface area contributed by atoms with Crippen molar-refractivity contribution in [3.05, 3.63) is 24.3 Å². The number of guanidine groups is 1. The van der Waals surface area contributed by atoms with Crippen LogP contribution in [0, 0.1) is 0 Å². The van der Waals surface area contributed by atoms with Gasteiger partial charge in [-0.2, -0.15) is 0 Å². The number of hydrogen-bond acceptors (Lipinski definition) is 4. The number of aliphatic imine (C=N–C) groups is 1. The molecule has 0 bridgehead atoms. The zero-order valence-corrected chi connectivity index (χ0v) is 16.1. The standard InChI is InChI=1S/C19H33N5O/c1-16(2)22-19(20-3)21-10-5-11-23-12-14-24(15-13-23)17-6-8-18(25-4)9-7-17/h6-9,16H,5,10-15H2,1-4H3,(H2,20,21,22). The Morgan fingerprint density at radius 2 is 1.84 bits per heavy atom. The fourth-order valence-corrected chi connectivity index (χ4v) is 3.00. The van der Waals surface area contributed by atoms with Crippen molar-refractivity contribution in [2.45, 2.75) is 26.3 Å². The van der Waals surface area contributed by atoms with Crippen LogP contribution in [0.2, 0.25) is 0 Å². The largest absolute Gasteiger partial charge is 0.497 e. The van der Waals surface area contributed by atoms with Gasteiger partial charge in [0.05, 0.1) is 7.11 Å². The van der Waals surface area contributed by atoms with E-state index in [1.165, 1.54) is 5.69 Å². The van der Waals surface area contributed by atoms with E-state index < -0.39 is 0 Å².